The fourth-order valence-corrected chi connectivity index (χ4v) is 7.17. The lowest BCUT2D eigenvalue weighted by Crippen LogP contribution is -2.38. The number of hydrogen-bond donors (Lipinski definition) is 0. The topological polar surface area (TPSA) is 38.1 Å². The first-order valence-electron chi connectivity index (χ1n) is 12.0. The molecule has 2 heterocycles. The lowest BCUT2D eigenvalue weighted by molar-refractivity contribution is -0.137. The summed E-state index contributed by atoms with van der Waals surface area (Å²) in [6.07, 6.45) is -1.27. The third-order valence-electron chi connectivity index (χ3n) is 7.28. The molecule has 0 spiro atoms. The number of likely N-dealkylation sites (tertiary alicyclic amines) is 1. The number of benzene rings is 2. The van der Waals surface area contributed by atoms with Crippen LogP contribution in [0.5, 0.6) is 0 Å². The monoisotopic (exact) mass is 501 g/mol. The quantitative estimate of drug-likeness (QED) is 0.369. The molecule has 1 aromatic heterocycles. The van der Waals surface area contributed by atoms with Crippen molar-refractivity contribution in [2.75, 3.05) is 12.3 Å². The summed E-state index contributed by atoms with van der Waals surface area (Å²) in [6, 6.07) is 13.7. The summed E-state index contributed by atoms with van der Waals surface area (Å²) in [6.45, 7) is 8.08. The molecule has 5 rings (SSSR count). The minimum absolute atomic E-state index is 0.0794. The summed E-state index contributed by atoms with van der Waals surface area (Å²) < 4.78 is 41.8. The van der Waals surface area contributed by atoms with Crippen LogP contribution in [0.15, 0.2) is 53.7 Å². The number of carbonyl (C=O) groups is 1. The van der Waals surface area contributed by atoms with E-state index < -0.39 is 11.7 Å². The Balaban J connectivity index is 1.41. The average molecular weight is 502 g/mol. The van der Waals surface area contributed by atoms with Crippen LogP contribution in [0, 0.1) is 10.8 Å². The number of amides is 1. The highest BCUT2D eigenvalue weighted by molar-refractivity contribution is 7.99. The summed E-state index contributed by atoms with van der Waals surface area (Å²) >= 11 is 1.31. The SMILES string of the molecule is CC1(C)C[C@@H]2C[C@@](C)(CN2C(=O)CSc2nc3cc(C(F)(F)F)ccc3n2Cc2ccccc2)C1. The third-order valence-corrected chi connectivity index (χ3v) is 8.25. The van der Waals surface area contributed by atoms with E-state index in [0.717, 1.165) is 43.5 Å². The zero-order valence-electron chi connectivity index (χ0n) is 20.2. The number of halogens is 3. The number of alkyl halides is 3. The van der Waals surface area contributed by atoms with E-state index >= 15 is 0 Å². The first kappa shape index (κ1) is 24.2. The van der Waals surface area contributed by atoms with Crippen molar-refractivity contribution in [3.05, 3.63) is 59.7 Å². The van der Waals surface area contributed by atoms with Crippen LogP contribution in [0.3, 0.4) is 0 Å². The largest absolute Gasteiger partial charge is 0.416 e. The molecule has 0 unspecified atom stereocenters. The maximum Gasteiger partial charge on any atom is 0.416 e. The molecular weight excluding hydrogens is 471 g/mol. The summed E-state index contributed by atoms with van der Waals surface area (Å²) in [7, 11) is 0. The molecule has 2 aliphatic rings. The van der Waals surface area contributed by atoms with Crippen molar-refractivity contribution < 1.29 is 18.0 Å². The molecule has 1 saturated heterocycles. The molecule has 2 bridgehead atoms. The molecule has 2 aromatic carbocycles. The Kier molecular flexibility index (Phi) is 5.93. The van der Waals surface area contributed by atoms with Crippen LogP contribution < -0.4 is 0 Å². The van der Waals surface area contributed by atoms with Crippen LogP contribution in [0.25, 0.3) is 11.0 Å². The van der Waals surface area contributed by atoms with Crippen molar-refractivity contribution in [2.45, 2.75) is 64.0 Å². The second kappa shape index (κ2) is 8.57. The van der Waals surface area contributed by atoms with Gasteiger partial charge in [0.25, 0.3) is 0 Å². The number of carbonyl (C=O) groups excluding carboxylic acids is 1. The van der Waals surface area contributed by atoms with Crippen LogP contribution in [-0.4, -0.2) is 38.7 Å². The molecule has 3 aromatic rings. The van der Waals surface area contributed by atoms with Gasteiger partial charge in [0.15, 0.2) is 5.16 Å². The normalized spacial score (nSPS) is 23.7. The van der Waals surface area contributed by atoms with Crippen molar-refractivity contribution in [3.8, 4) is 0 Å². The van der Waals surface area contributed by atoms with Crippen molar-refractivity contribution in [1.82, 2.24) is 14.5 Å². The highest BCUT2D eigenvalue weighted by atomic mass is 32.2. The number of thioether (sulfide) groups is 1. The Labute approximate surface area is 207 Å². The molecule has 1 saturated carbocycles. The van der Waals surface area contributed by atoms with E-state index in [-0.39, 0.29) is 34.0 Å². The van der Waals surface area contributed by atoms with E-state index in [9.17, 15) is 18.0 Å². The predicted molar refractivity (Wildman–Crippen MR) is 132 cm³/mol. The van der Waals surface area contributed by atoms with Gasteiger partial charge in [0.05, 0.1) is 28.9 Å². The minimum atomic E-state index is -4.43. The van der Waals surface area contributed by atoms with E-state index in [2.05, 4.69) is 25.8 Å². The molecule has 0 N–H and O–H groups in total. The molecule has 2 fully saturated rings. The second-order valence-electron chi connectivity index (χ2n) is 11.2. The first-order chi connectivity index (χ1) is 16.4. The molecular formula is C27H30F3N3OS. The van der Waals surface area contributed by atoms with Gasteiger partial charge in [0, 0.05) is 12.6 Å². The number of hydrogen-bond acceptors (Lipinski definition) is 3. The van der Waals surface area contributed by atoms with Crippen LogP contribution in [-0.2, 0) is 17.5 Å². The van der Waals surface area contributed by atoms with Crippen LogP contribution in [0.1, 0.15) is 51.2 Å². The van der Waals surface area contributed by atoms with Gasteiger partial charge in [0.1, 0.15) is 0 Å². The zero-order valence-corrected chi connectivity index (χ0v) is 21.0. The van der Waals surface area contributed by atoms with Gasteiger partial charge in [-0.2, -0.15) is 13.2 Å². The minimum Gasteiger partial charge on any atom is -0.338 e. The van der Waals surface area contributed by atoms with Crippen molar-refractivity contribution in [3.63, 3.8) is 0 Å². The van der Waals surface area contributed by atoms with Gasteiger partial charge in [0.2, 0.25) is 5.91 Å². The van der Waals surface area contributed by atoms with Gasteiger partial charge in [-0.3, -0.25) is 4.79 Å². The van der Waals surface area contributed by atoms with Crippen molar-refractivity contribution in [2.24, 2.45) is 10.8 Å². The molecule has 35 heavy (non-hydrogen) atoms. The fourth-order valence-electron chi connectivity index (χ4n) is 6.27. The van der Waals surface area contributed by atoms with E-state index in [1.807, 2.05) is 39.8 Å². The van der Waals surface area contributed by atoms with Gasteiger partial charge in [-0.1, -0.05) is 62.9 Å². The molecule has 8 heteroatoms. The van der Waals surface area contributed by atoms with Crippen LogP contribution >= 0.6 is 11.8 Å². The number of imidazole rings is 1. The molecule has 1 aliphatic heterocycles. The Morgan fingerprint density at radius 1 is 1.11 bits per heavy atom. The lowest BCUT2D eigenvalue weighted by Gasteiger charge is -2.39. The highest BCUT2D eigenvalue weighted by Gasteiger charge is 2.50. The summed E-state index contributed by atoms with van der Waals surface area (Å²) in [5, 5.41) is 0.560. The van der Waals surface area contributed by atoms with Crippen molar-refractivity contribution in [1.29, 1.82) is 0 Å². The van der Waals surface area contributed by atoms with Gasteiger partial charge < -0.3 is 9.47 Å². The van der Waals surface area contributed by atoms with Crippen LogP contribution in [0.2, 0.25) is 0 Å². The van der Waals surface area contributed by atoms with E-state index in [0.29, 0.717) is 17.2 Å². The Morgan fingerprint density at radius 3 is 2.57 bits per heavy atom. The smallest absolute Gasteiger partial charge is 0.338 e. The van der Waals surface area contributed by atoms with Crippen LogP contribution in [0.4, 0.5) is 13.2 Å². The lowest BCUT2D eigenvalue weighted by atomic mass is 9.65. The van der Waals surface area contributed by atoms with Crippen molar-refractivity contribution >= 4 is 28.7 Å². The molecule has 186 valence electrons. The predicted octanol–water partition coefficient (Wildman–Crippen LogP) is 6.62. The van der Waals surface area contributed by atoms with E-state index in [4.69, 9.17) is 0 Å². The van der Waals surface area contributed by atoms with E-state index in [1.54, 1.807) is 0 Å². The van der Waals surface area contributed by atoms with Gasteiger partial charge in [-0.25, -0.2) is 4.98 Å². The average Bonchev–Trinajstić information content (AvgIpc) is 3.24. The number of aromatic nitrogens is 2. The third kappa shape index (κ3) is 4.95. The number of rotatable bonds is 5. The Hall–Kier alpha value is -2.48. The fraction of sp³-hybridized carbons (Fsp3) is 0.481. The molecule has 4 nitrogen and oxygen atoms in total. The maximum absolute atomic E-state index is 13.3. The number of fused-ring (bicyclic) bond motifs is 3. The first-order valence-corrected chi connectivity index (χ1v) is 12.9. The maximum atomic E-state index is 13.3. The number of nitrogens with zero attached hydrogens (tertiary/aromatic N) is 3. The molecule has 1 amide bonds. The van der Waals surface area contributed by atoms with Gasteiger partial charge in [-0.05, 0) is 53.9 Å². The standard InChI is InChI=1S/C27H30F3N3OS/c1-25(2)12-20-13-26(3,16-25)17-33(20)23(34)15-35-24-31-21-11-19(27(28,29)30)9-10-22(21)32(24)14-18-7-5-4-6-8-18/h4-11,20H,12-17H2,1-3H3/t20-,26-/m1/s1. The molecule has 0 radical (unpaired) electrons. The Morgan fingerprint density at radius 2 is 1.86 bits per heavy atom. The van der Waals surface area contributed by atoms with Gasteiger partial charge in [-0.15, -0.1) is 0 Å². The zero-order chi connectivity index (χ0) is 25.0. The molecule has 1 aliphatic carbocycles. The molecule has 2 atom stereocenters. The van der Waals surface area contributed by atoms with E-state index in [1.165, 1.54) is 17.8 Å². The Bertz CT molecular complexity index is 1250. The summed E-state index contributed by atoms with van der Waals surface area (Å²) in [5.74, 6) is 0.299. The van der Waals surface area contributed by atoms with Gasteiger partial charge >= 0.3 is 6.18 Å². The second-order valence-corrected chi connectivity index (χ2v) is 12.1. The summed E-state index contributed by atoms with van der Waals surface area (Å²) in [4.78, 5) is 19.9. The highest BCUT2D eigenvalue weighted by Crippen LogP contribution is 2.52. The summed E-state index contributed by atoms with van der Waals surface area (Å²) in [5.41, 5.74) is 1.59.